The highest BCUT2D eigenvalue weighted by Gasteiger charge is 2.27. The Hall–Kier alpha value is -2.03. The van der Waals surface area contributed by atoms with Crippen LogP contribution in [0.5, 0.6) is 0 Å². The molecule has 0 spiro atoms. The summed E-state index contributed by atoms with van der Waals surface area (Å²) in [5, 5.41) is 0. The number of esters is 2. The molecule has 1 unspecified atom stereocenters. The van der Waals surface area contributed by atoms with Crippen molar-refractivity contribution in [2.24, 2.45) is 0 Å². The molecule has 0 bridgehead atoms. The topological polar surface area (TPSA) is 108 Å². The Labute approximate surface area is 337 Å². The molecule has 0 rings (SSSR count). The Morgan fingerprint density at radius 1 is 0.564 bits per heavy atom. The Kier molecular flexibility index (Phi) is 36.2. The minimum atomic E-state index is -4.38. The molecule has 0 saturated heterocycles. The van der Waals surface area contributed by atoms with E-state index in [4.69, 9.17) is 18.5 Å². The monoisotopic (exact) mass is 797 g/mol. The SMILES string of the molecule is CCCC/C=C/C/C=C/CCCCCCCC(=O)OC[C@H](COP(=O)(O)OCC[N+](C)(C)C)OC(=O)CCCCCCCCC/C=C/C/C=C/CCCCC. The van der Waals surface area contributed by atoms with Gasteiger partial charge >= 0.3 is 19.8 Å². The molecule has 0 aromatic carbocycles. The molecule has 55 heavy (non-hydrogen) atoms. The van der Waals surface area contributed by atoms with Crippen LogP contribution in [0.1, 0.15) is 174 Å². The van der Waals surface area contributed by atoms with E-state index in [2.05, 4.69) is 62.5 Å². The number of phosphoric acid groups is 1. The number of phosphoric ester groups is 1. The summed E-state index contributed by atoms with van der Waals surface area (Å²) in [6.07, 6.45) is 42.9. The molecule has 1 N–H and O–H groups in total. The van der Waals surface area contributed by atoms with Crippen molar-refractivity contribution in [3.8, 4) is 0 Å². The van der Waals surface area contributed by atoms with Gasteiger partial charge in [0.15, 0.2) is 6.10 Å². The zero-order chi connectivity index (χ0) is 40.7. The second kappa shape index (κ2) is 37.5. The van der Waals surface area contributed by atoms with Crippen LogP contribution in [-0.4, -0.2) is 74.9 Å². The number of quaternary nitrogens is 1. The van der Waals surface area contributed by atoms with Gasteiger partial charge in [-0.05, 0) is 70.6 Å². The van der Waals surface area contributed by atoms with E-state index in [0.29, 0.717) is 17.4 Å². The van der Waals surface area contributed by atoms with Crippen LogP contribution in [-0.2, 0) is 32.7 Å². The second-order valence-electron chi connectivity index (χ2n) is 15.7. The smallest absolute Gasteiger partial charge is 0.462 e. The third-order valence-corrected chi connectivity index (χ3v) is 10.1. The average Bonchev–Trinajstić information content (AvgIpc) is 3.13. The first-order valence-corrected chi connectivity index (χ1v) is 23.4. The third kappa shape index (κ3) is 41.4. The van der Waals surface area contributed by atoms with Crippen LogP contribution in [0.25, 0.3) is 0 Å². The molecule has 2 atom stereocenters. The van der Waals surface area contributed by atoms with E-state index < -0.39 is 26.5 Å². The van der Waals surface area contributed by atoms with Crippen LogP contribution in [0.15, 0.2) is 48.6 Å². The van der Waals surface area contributed by atoms with Crippen molar-refractivity contribution in [2.75, 3.05) is 47.5 Å². The highest BCUT2D eigenvalue weighted by molar-refractivity contribution is 7.47. The number of rotatable bonds is 39. The quantitative estimate of drug-likeness (QED) is 0.0215. The maximum absolute atomic E-state index is 12.7. The molecule has 9 nitrogen and oxygen atoms in total. The number of unbranched alkanes of at least 4 members (excludes halogenated alkanes) is 17. The molecule has 0 radical (unpaired) electrons. The minimum Gasteiger partial charge on any atom is -0.462 e. The highest BCUT2D eigenvalue weighted by Crippen LogP contribution is 2.43. The van der Waals surface area contributed by atoms with Gasteiger partial charge in [-0.25, -0.2) is 4.57 Å². The molecule has 320 valence electrons. The van der Waals surface area contributed by atoms with Gasteiger partial charge < -0.3 is 18.9 Å². The van der Waals surface area contributed by atoms with Gasteiger partial charge in [0.2, 0.25) is 0 Å². The lowest BCUT2D eigenvalue weighted by atomic mass is 10.1. The fourth-order valence-electron chi connectivity index (χ4n) is 5.59. The van der Waals surface area contributed by atoms with Crippen molar-refractivity contribution in [1.29, 1.82) is 0 Å². The van der Waals surface area contributed by atoms with E-state index in [1.165, 1.54) is 57.8 Å². The molecule has 0 fully saturated rings. The van der Waals surface area contributed by atoms with Crippen LogP contribution in [0, 0.1) is 0 Å². The first-order chi connectivity index (χ1) is 26.5. The first-order valence-electron chi connectivity index (χ1n) is 21.9. The number of ether oxygens (including phenoxy) is 2. The van der Waals surface area contributed by atoms with Crippen LogP contribution in [0.4, 0.5) is 0 Å². The van der Waals surface area contributed by atoms with Crippen molar-refractivity contribution in [3.05, 3.63) is 48.6 Å². The lowest BCUT2D eigenvalue weighted by Gasteiger charge is -2.24. The van der Waals surface area contributed by atoms with E-state index in [1.807, 2.05) is 21.1 Å². The first kappa shape index (κ1) is 53.0. The van der Waals surface area contributed by atoms with Crippen molar-refractivity contribution < 1.29 is 42.1 Å². The number of hydrogen-bond donors (Lipinski definition) is 1. The number of allylic oxidation sites excluding steroid dienone is 8. The summed E-state index contributed by atoms with van der Waals surface area (Å²) in [5.74, 6) is -0.826. The Morgan fingerprint density at radius 2 is 1.00 bits per heavy atom. The predicted molar refractivity (Wildman–Crippen MR) is 229 cm³/mol. The predicted octanol–water partition coefficient (Wildman–Crippen LogP) is 12.3. The van der Waals surface area contributed by atoms with Crippen LogP contribution < -0.4 is 0 Å². The molecule has 0 aliphatic rings. The summed E-state index contributed by atoms with van der Waals surface area (Å²) in [4.78, 5) is 35.3. The summed E-state index contributed by atoms with van der Waals surface area (Å²) in [6, 6.07) is 0. The fourth-order valence-corrected chi connectivity index (χ4v) is 6.33. The molecule has 0 aliphatic heterocycles. The minimum absolute atomic E-state index is 0.0262. The molecule has 10 heteroatoms. The van der Waals surface area contributed by atoms with Crippen LogP contribution in [0.2, 0.25) is 0 Å². The van der Waals surface area contributed by atoms with Gasteiger partial charge in [-0.2, -0.15) is 0 Å². The van der Waals surface area contributed by atoms with Crippen molar-refractivity contribution >= 4 is 19.8 Å². The van der Waals surface area contributed by atoms with Gasteiger partial charge in [0.1, 0.15) is 19.8 Å². The maximum Gasteiger partial charge on any atom is 0.472 e. The Balaban J connectivity index is 4.40. The average molecular weight is 797 g/mol. The molecule has 0 saturated carbocycles. The summed E-state index contributed by atoms with van der Waals surface area (Å²) >= 11 is 0. The van der Waals surface area contributed by atoms with E-state index in [-0.39, 0.29) is 32.0 Å². The zero-order valence-corrected chi connectivity index (χ0v) is 36.8. The third-order valence-electron chi connectivity index (χ3n) is 9.08. The normalized spacial score (nSPS) is 14.1. The summed E-state index contributed by atoms with van der Waals surface area (Å²) in [5.41, 5.74) is 0. The standard InChI is InChI=1S/C45H82NO8P/c1-6-8-10-12-14-16-18-20-22-23-24-26-28-30-32-34-36-38-45(48)54-43(42-53-55(49,50)52-40-39-46(3,4)5)41-51-44(47)37-35-33-31-29-27-25-21-19-17-15-13-11-9-7-2/h13-16,19-22,43H,6-12,17-18,23-42H2,1-5H3/p+1/b15-13+,16-14+,21-19+,22-20+/t43-/m1/s1. The lowest BCUT2D eigenvalue weighted by Crippen LogP contribution is -2.37. The number of carbonyl (C=O) groups is 2. The molecule has 0 aromatic heterocycles. The van der Waals surface area contributed by atoms with Gasteiger partial charge in [0.25, 0.3) is 0 Å². The van der Waals surface area contributed by atoms with E-state index >= 15 is 0 Å². The van der Waals surface area contributed by atoms with E-state index in [1.54, 1.807) is 0 Å². The van der Waals surface area contributed by atoms with Gasteiger partial charge in [-0.15, -0.1) is 0 Å². The van der Waals surface area contributed by atoms with Crippen LogP contribution >= 0.6 is 7.82 Å². The molecule has 0 amide bonds. The van der Waals surface area contributed by atoms with Gasteiger partial charge in [0.05, 0.1) is 27.7 Å². The molecule has 0 aromatic rings. The van der Waals surface area contributed by atoms with Gasteiger partial charge in [-0.3, -0.25) is 18.6 Å². The second-order valence-corrected chi connectivity index (χ2v) is 17.2. The van der Waals surface area contributed by atoms with Crippen molar-refractivity contribution in [2.45, 2.75) is 180 Å². The summed E-state index contributed by atoms with van der Waals surface area (Å²) in [6.45, 7) is 4.32. The maximum atomic E-state index is 12.7. The number of hydrogen-bond acceptors (Lipinski definition) is 7. The van der Waals surface area contributed by atoms with E-state index in [0.717, 1.165) is 83.5 Å². The van der Waals surface area contributed by atoms with Gasteiger partial charge in [-0.1, -0.05) is 140 Å². The molecule has 0 aliphatic carbocycles. The van der Waals surface area contributed by atoms with E-state index in [9.17, 15) is 19.0 Å². The number of carbonyl (C=O) groups excluding carboxylic acids is 2. The molecular formula is C45H83NO8P+. The van der Waals surface area contributed by atoms with Crippen molar-refractivity contribution in [1.82, 2.24) is 0 Å². The summed E-state index contributed by atoms with van der Waals surface area (Å²) < 4.78 is 34.3. The Bertz CT molecular complexity index is 1080. The lowest BCUT2D eigenvalue weighted by molar-refractivity contribution is -0.870. The molecule has 0 heterocycles. The zero-order valence-electron chi connectivity index (χ0n) is 35.9. The number of likely N-dealkylation sites (N-methyl/N-ethyl adjacent to an activating group) is 1. The molecular weight excluding hydrogens is 713 g/mol. The fraction of sp³-hybridized carbons (Fsp3) is 0.778. The van der Waals surface area contributed by atoms with Crippen LogP contribution in [0.3, 0.4) is 0 Å². The summed E-state index contributed by atoms with van der Waals surface area (Å²) in [7, 11) is 1.46. The largest absolute Gasteiger partial charge is 0.472 e. The highest BCUT2D eigenvalue weighted by atomic mass is 31.2. The van der Waals surface area contributed by atoms with Crippen molar-refractivity contribution in [3.63, 3.8) is 0 Å². The van der Waals surface area contributed by atoms with Gasteiger partial charge in [0, 0.05) is 12.8 Å². The Morgan fingerprint density at radius 3 is 1.49 bits per heavy atom. The number of nitrogens with zero attached hydrogens (tertiary/aromatic N) is 1.